The predicted molar refractivity (Wildman–Crippen MR) is 172 cm³/mol. The number of ether oxygens (including phenoxy) is 1. The van der Waals surface area contributed by atoms with Crippen LogP contribution in [0.5, 0.6) is 11.5 Å². The summed E-state index contributed by atoms with van der Waals surface area (Å²) in [7, 11) is 2.13. The Bertz CT molecular complexity index is 1780. The van der Waals surface area contributed by atoms with Crippen molar-refractivity contribution in [3.05, 3.63) is 70.3 Å². The van der Waals surface area contributed by atoms with Gasteiger partial charge in [0, 0.05) is 57.4 Å². The number of halogens is 1. The third-order valence-corrected chi connectivity index (χ3v) is 9.22. The monoisotopic (exact) mass is 598 g/mol. The molecule has 0 radical (unpaired) electrons. The van der Waals surface area contributed by atoms with Gasteiger partial charge in [0.1, 0.15) is 16.8 Å². The summed E-state index contributed by atoms with van der Waals surface area (Å²) in [5.41, 5.74) is 0.849. The van der Waals surface area contributed by atoms with E-state index in [9.17, 15) is 9.59 Å². The van der Waals surface area contributed by atoms with Crippen LogP contribution < -0.4 is 20.8 Å². The maximum absolute atomic E-state index is 15.9. The summed E-state index contributed by atoms with van der Waals surface area (Å²) < 4.78 is 24.2. The molecule has 1 aromatic heterocycles. The fourth-order valence-electron chi connectivity index (χ4n) is 6.69. The molecule has 0 unspecified atom stereocenters. The van der Waals surface area contributed by atoms with Crippen LogP contribution >= 0.6 is 0 Å². The van der Waals surface area contributed by atoms with Gasteiger partial charge in [0.2, 0.25) is 5.43 Å². The minimum absolute atomic E-state index is 0.0156. The first-order valence-corrected chi connectivity index (χ1v) is 15.7. The largest absolute Gasteiger partial charge is 0.450 e. The average molecular weight is 599 g/mol. The Kier molecular flexibility index (Phi) is 7.97. The molecule has 0 saturated carbocycles. The Labute approximate surface area is 256 Å². The van der Waals surface area contributed by atoms with E-state index >= 15 is 4.39 Å². The molecular formula is C34H39FN6O3. The maximum Gasteiger partial charge on any atom is 0.256 e. The number of amides is 1. The van der Waals surface area contributed by atoms with Crippen molar-refractivity contribution in [2.45, 2.75) is 19.3 Å². The summed E-state index contributed by atoms with van der Waals surface area (Å²) in [4.78, 5) is 34.3. The number of hydrogen-bond donors (Lipinski definition) is 2. The predicted octanol–water partition coefficient (Wildman–Crippen LogP) is 4.26. The molecule has 3 aromatic carbocycles. The smallest absolute Gasteiger partial charge is 0.256 e. The van der Waals surface area contributed by atoms with Crippen LogP contribution in [0.25, 0.3) is 27.4 Å². The molecule has 4 heterocycles. The van der Waals surface area contributed by atoms with Crippen LogP contribution in [-0.2, 0) is 0 Å². The molecule has 7 rings (SSSR count). The highest BCUT2D eigenvalue weighted by molar-refractivity contribution is 6.03. The number of hydrogen-bond acceptors (Lipinski definition) is 7. The van der Waals surface area contributed by atoms with Gasteiger partial charge in [-0.1, -0.05) is 30.3 Å². The molecule has 0 aliphatic carbocycles. The molecule has 3 aliphatic heterocycles. The van der Waals surface area contributed by atoms with E-state index in [-0.39, 0.29) is 22.4 Å². The van der Waals surface area contributed by atoms with Gasteiger partial charge in [0.05, 0.1) is 11.1 Å². The summed E-state index contributed by atoms with van der Waals surface area (Å²) in [5.74, 6) is -0.206. The fourth-order valence-corrected chi connectivity index (χ4v) is 6.69. The SMILES string of the molecule is CN1CCN(CCCNC(=O)c2cn3c4c(c(NCCN5CCCC5)c(F)cc4c2=O)Oc2c-3ccc3ccccc23)CC1. The standard InChI is InChI=1S/C34H39FN6O3/c1-38-17-19-40(20-18-38)15-6-11-37-34(43)26-22-41-28-10-9-23-7-2-3-8-24(23)32(28)44-33-29(36-12-16-39-13-4-5-14-39)27(35)21-25(30(33)41)31(26)42/h2-3,7-10,21-22,36H,4-6,11-20H2,1H3,(H,37,43). The molecular weight excluding hydrogens is 559 g/mol. The second-order valence-corrected chi connectivity index (χ2v) is 12.2. The Balaban J connectivity index is 1.23. The van der Waals surface area contributed by atoms with E-state index in [2.05, 4.69) is 32.4 Å². The Morgan fingerprint density at radius 2 is 1.68 bits per heavy atom. The summed E-state index contributed by atoms with van der Waals surface area (Å²) in [6, 6.07) is 13.0. The van der Waals surface area contributed by atoms with Gasteiger partial charge in [-0.05, 0) is 63.5 Å². The van der Waals surface area contributed by atoms with Gasteiger partial charge < -0.3 is 34.6 Å². The number of nitrogens with zero attached hydrogens (tertiary/aromatic N) is 4. The molecule has 4 aromatic rings. The first-order chi connectivity index (χ1) is 21.5. The van der Waals surface area contributed by atoms with Gasteiger partial charge in [-0.2, -0.15) is 0 Å². The van der Waals surface area contributed by atoms with Crippen LogP contribution in [0.15, 0.2) is 53.5 Å². The zero-order valence-corrected chi connectivity index (χ0v) is 25.2. The number of piperazine rings is 1. The number of carbonyl (C=O) groups is 1. The Morgan fingerprint density at radius 3 is 2.50 bits per heavy atom. The maximum atomic E-state index is 15.9. The van der Waals surface area contributed by atoms with Gasteiger partial charge in [-0.3, -0.25) is 9.59 Å². The van der Waals surface area contributed by atoms with Crippen molar-refractivity contribution in [2.24, 2.45) is 0 Å². The molecule has 9 nitrogen and oxygen atoms in total. The summed E-state index contributed by atoms with van der Waals surface area (Å²) in [6.45, 7) is 8.86. The zero-order chi connectivity index (χ0) is 30.2. The van der Waals surface area contributed by atoms with Crippen molar-refractivity contribution in [1.82, 2.24) is 24.6 Å². The molecule has 1 amide bonds. The first-order valence-electron chi connectivity index (χ1n) is 15.7. The third kappa shape index (κ3) is 5.42. The van der Waals surface area contributed by atoms with E-state index in [0.29, 0.717) is 30.0 Å². The summed E-state index contributed by atoms with van der Waals surface area (Å²) >= 11 is 0. The Hall–Kier alpha value is -3.99. The molecule has 0 spiro atoms. The molecule has 230 valence electrons. The molecule has 2 N–H and O–H groups in total. The first kappa shape index (κ1) is 28.8. The number of fused-ring (bicyclic) bond motifs is 4. The van der Waals surface area contributed by atoms with Gasteiger partial charge in [0.15, 0.2) is 17.3 Å². The highest BCUT2D eigenvalue weighted by Gasteiger charge is 2.29. The van der Waals surface area contributed by atoms with E-state index in [0.717, 1.165) is 69.6 Å². The zero-order valence-electron chi connectivity index (χ0n) is 25.2. The van der Waals surface area contributed by atoms with E-state index < -0.39 is 17.2 Å². The molecule has 44 heavy (non-hydrogen) atoms. The van der Waals surface area contributed by atoms with Gasteiger partial charge in [-0.15, -0.1) is 0 Å². The van der Waals surface area contributed by atoms with Crippen LogP contribution in [0.4, 0.5) is 10.1 Å². The van der Waals surface area contributed by atoms with E-state index in [4.69, 9.17) is 4.74 Å². The number of likely N-dealkylation sites (N-methyl/N-ethyl adjacent to an activating group) is 1. The lowest BCUT2D eigenvalue weighted by molar-refractivity contribution is 0.0948. The third-order valence-electron chi connectivity index (χ3n) is 9.22. The molecule has 10 heteroatoms. The van der Waals surface area contributed by atoms with Crippen LogP contribution in [0.3, 0.4) is 0 Å². The van der Waals surface area contributed by atoms with E-state index in [1.165, 1.54) is 18.9 Å². The lowest BCUT2D eigenvalue weighted by atomic mass is 10.0. The van der Waals surface area contributed by atoms with Gasteiger partial charge >= 0.3 is 0 Å². The highest BCUT2D eigenvalue weighted by atomic mass is 19.1. The molecule has 0 atom stereocenters. The van der Waals surface area contributed by atoms with Crippen molar-refractivity contribution in [1.29, 1.82) is 0 Å². The molecule has 3 aliphatic rings. The number of aromatic nitrogens is 1. The van der Waals surface area contributed by atoms with Gasteiger partial charge in [0.25, 0.3) is 5.91 Å². The second kappa shape index (κ2) is 12.2. The van der Waals surface area contributed by atoms with Crippen LogP contribution in [0, 0.1) is 5.82 Å². The van der Waals surface area contributed by atoms with E-state index in [1.54, 1.807) is 6.20 Å². The quantitative estimate of drug-likeness (QED) is 0.246. The number of anilines is 1. The van der Waals surface area contributed by atoms with Crippen molar-refractivity contribution in [2.75, 3.05) is 77.8 Å². The highest BCUT2D eigenvalue weighted by Crippen LogP contribution is 2.47. The van der Waals surface area contributed by atoms with Crippen LogP contribution in [0.1, 0.15) is 29.6 Å². The minimum Gasteiger partial charge on any atom is -0.450 e. The number of benzene rings is 3. The van der Waals surface area contributed by atoms with E-state index in [1.807, 2.05) is 41.0 Å². The lowest BCUT2D eigenvalue weighted by Crippen LogP contribution is -2.45. The van der Waals surface area contributed by atoms with Crippen molar-refractivity contribution in [3.8, 4) is 17.2 Å². The number of carbonyl (C=O) groups excluding carboxylic acids is 1. The van der Waals surface area contributed by atoms with Crippen molar-refractivity contribution in [3.63, 3.8) is 0 Å². The van der Waals surface area contributed by atoms with Crippen LogP contribution in [-0.4, -0.2) is 97.7 Å². The minimum atomic E-state index is -0.578. The average Bonchev–Trinajstić information content (AvgIpc) is 3.56. The molecule has 2 fully saturated rings. The summed E-state index contributed by atoms with van der Waals surface area (Å²) in [6.07, 6.45) is 4.74. The topological polar surface area (TPSA) is 82.1 Å². The normalized spacial score (nSPS) is 17.1. The van der Waals surface area contributed by atoms with Crippen molar-refractivity contribution < 1.29 is 13.9 Å². The number of likely N-dealkylation sites (tertiary alicyclic amines) is 1. The number of pyridine rings is 1. The Morgan fingerprint density at radius 1 is 0.909 bits per heavy atom. The number of rotatable bonds is 9. The van der Waals surface area contributed by atoms with Crippen molar-refractivity contribution >= 4 is 33.3 Å². The number of nitrogens with one attached hydrogen (secondary N) is 2. The van der Waals surface area contributed by atoms with Gasteiger partial charge in [-0.25, -0.2) is 4.39 Å². The summed E-state index contributed by atoms with van der Waals surface area (Å²) in [5, 5.41) is 8.17. The second-order valence-electron chi connectivity index (χ2n) is 12.2. The van der Waals surface area contributed by atoms with Crippen LogP contribution in [0.2, 0.25) is 0 Å². The molecule has 2 saturated heterocycles. The molecule has 0 bridgehead atoms. The fraction of sp³-hybridized carbons (Fsp3) is 0.412. The lowest BCUT2D eigenvalue weighted by Gasteiger charge is -2.32.